The van der Waals surface area contributed by atoms with Gasteiger partial charge in [0.25, 0.3) is 0 Å². The molecule has 0 aliphatic heterocycles. The summed E-state index contributed by atoms with van der Waals surface area (Å²) in [6.07, 6.45) is 0. The lowest BCUT2D eigenvalue weighted by Gasteiger charge is -2.09. The van der Waals surface area contributed by atoms with E-state index in [0.29, 0.717) is 5.46 Å². The average molecular weight is 317 g/mol. The fourth-order valence-electron chi connectivity index (χ4n) is 3.16. The molecule has 0 radical (unpaired) electrons. The second-order valence-electron chi connectivity index (χ2n) is 5.70. The molecule has 24 heavy (non-hydrogen) atoms. The molecular formula is C19H16BNO3. The third-order valence-corrected chi connectivity index (χ3v) is 4.33. The first-order chi connectivity index (χ1) is 11.7. The highest BCUT2D eigenvalue weighted by Crippen LogP contribution is 2.31. The number of rotatable bonds is 3. The Balaban J connectivity index is 2.05. The Morgan fingerprint density at radius 2 is 1.54 bits per heavy atom. The van der Waals surface area contributed by atoms with Crippen LogP contribution in [0.3, 0.4) is 0 Å². The molecule has 0 unspecified atom stereocenters. The Morgan fingerprint density at radius 1 is 0.833 bits per heavy atom. The average Bonchev–Trinajstić information content (AvgIpc) is 2.95. The van der Waals surface area contributed by atoms with Crippen molar-refractivity contribution in [2.24, 2.45) is 0 Å². The van der Waals surface area contributed by atoms with E-state index in [1.807, 2.05) is 54.6 Å². The molecule has 0 fully saturated rings. The van der Waals surface area contributed by atoms with Crippen LogP contribution in [0.1, 0.15) is 0 Å². The summed E-state index contributed by atoms with van der Waals surface area (Å²) in [5, 5.41) is 21.0. The molecule has 0 spiro atoms. The van der Waals surface area contributed by atoms with Crippen molar-refractivity contribution >= 4 is 34.4 Å². The molecular weight excluding hydrogens is 301 g/mol. The highest BCUT2D eigenvalue weighted by molar-refractivity contribution is 6.59. The molecule has 0 atom stereocenters. The van der Waals surface area contributed by atoms with Gasteiger partial charge >= 0.3 is 7.12 Å². The zero-order valence-electron chi connectivity index (χ0n) is 13.2. The maximum Gasteiger partial charge on any atom is 0.488 e. The molecule has 4 nitrogen and oxygen atoms in total. The van der Waals surface area contributed by atoms with E-state index in [9.17, 15) is 10.0 Å². The third-order valence-electron chi connectivity index (χ3n) is 4.33. The van der Waals surface area contributed by atoms with E-state index >= 15 is 0 Å². The van der Waals surface area contributed by atoms with Crippen LogP contribution in [-0.2, 0) is 0 Å². The normalized spacial score (nSPS) is 11.1. The highest BCUT2D eigenvalue weighted by atomic mass is 16.5. The summed E-state index contributed by atoms with van der Waals surface area (Å²) in [6.45, 7) is 0. The Kier molecular flexibility index (Phi) is 3.52. The molecule has 0 saturated carbocycles. The lowest BCUT2D eigenvalue weighted by Crippen LogP contribution is -2.29. The van der Waals surface area contributed by atoms with Crippen molar-refractivity contribution < 1.29 is 14.8 Å². The van der Waals surface area contributed by atoms with E-state index in [4.69, 9.17) is 4.74 Å². The first-order valence-electron chi connectivity index (χ1n) is 7.73. The molecule has 4 rings (SSSR count). The van der Waals surface area contributed by atoms with E-state index in [1.165, 1.54) is 0 Å². The van der Waals surface area contributed by atoms with E-state index < -0.39 is 7.12 Å². The monoisotopic (exact) mass is 317 g/mol. The predicted molar refractivity (Wildman–Crippen MR) is 97.2 cm³/mol. The van der Waals surface area contributed by atoms with Crippen molar-refractivity contribution in [3.05, 3.63) is 66.7 Å². The quantitative estimate of drug-likeness (QED) is 0.571. The number of hydrogen-bond donors (Lipinski definition) is 2. The predicted octanol–water partition coefficient (Wildman–Crippen LogP) is 2.47. The van der Waals surface area contributed by atoms with Gasteiger partial charge in [-0.25, -0.2) is 0 Å². The maximum absolute atomic E-state index is 9.47. The van der Waals surface area contributed by atoms with Crippen LogP contribution in [0.5, 0.6) is 5.75 Å². The SMILES string of the molecule is COc1ccc(-n2c3ccccc3c3cc(B(O)O)ccc32)cc1. The van der Waals surface area contributed by atoms with Crippen LogP contribution >= 0.6 is 0 Å². The number of aromatic nitrogens is 1. The van der Waals surface area contributed by atoms with Gasteiger partial charge in [0.2, 0.25) is 0 Å². The standard InChI is InChI=1S/C19H16BNO3/c1-24-15-9-7-14(8-10-15)21-18-5-3-2-4-16(18)17-12-13(20(22)23)6-11-19(17)21/h2-12,22-23H,1H3. The maximum atomic E-state index is 9.47. The van der Waals surface area contributed by atoms with Crippen molar-refractivity contribution in [3.8, 4) is 11.4 Å². The molecule has 2 N–H and O–H groups in total. The van der Waals surface area contributed by atoms with E-state index in [0.717, 1.165) is 33.2 Å². The van der Waals surface area contributed by atoms with Crippen molar-refractivity contribution in [1.29, 1.82) is 0 Å². The molecule has 0 aliphatic carbocycles. The van der Waals surface area contributed by atoms with Crippen molar-refractivity contribution in [2.75, 3.05) is 7.11 Å². The van der Waals surface area contributed by atoms with Crippen molar-refractivity contribution in [3.63, 3.8) is 0 Å². The number of para-hydroxylation sites is 1. The van der Waals surface area contributed by atoms with E-state index in [-0.39, 0.29) is 0 Å². The number of hydrogen-bond acceptors (Lipinski definition) is 3. The fourth-order valence-corrected chi connectivity index (χ4v) is 3.16. The molecule has 3 aromatic carbocycles. The first kappa shape index (κ1) is 14.8. The molecule has 0 saturated heterocycles. The van der Waals surface area contributed by atoms with Crippen LogP contribution in [0.2, 0.25) is 0 Å². The number of ether oxygens (including phenoxy) is 1. The molecule has 1 aromatic heterocycles. The minimum Gasteiger partial charge on any atom is -0.497 e. The summed E-state index contributed by atoms with van der Waals surface area (Å²) in [7, 11) is 0.175. The van der Waals surface area contributed by atoms with Gasteiger partial charge in [0, 0.05) is 16.5 Å². The van der Waals surface area contributed by atoms with Gasteiger partial charge in [0.1, 0.15) is 5.75 Å². The summed E-state index contributed by atoms with van der Waals surface area (Å²) < 4.78 is 7.40. The molecule has 5 heteroatoms. The molecule has 118 valence electrons. The van der Waals surface area contributed by atoms with E-state index in [1.54, 1.807) is 13.2 Å². The lowest BCUT2D eigenvalue weighted by molar-refractivity contribution is 0.415. The van der Waals surface area contributed by atoms with Gasteiger partial charge in [-0.2, -0.15) is 0 Å². The molecule has 0 amide bonds. The van der Waals surface area contributed by atoms with Crippen LogP contribution < -0.4 is 10.2 Å². The summed E-state index contributed by atoms with van der Waals surface area (Å²) in [5.74, 6) is 0.810. The topological polar surface area (TPSA) is 54.6 Å². The summed E-state index contributed by atoms with van der Waals surface area (Å²) in [4.78, 5) is 0. The van der Waals surface area contributed by atoms with Gasteiger partial charge in [-0.15, -0.1) is 0 Å². The number of benzene rings is 3. The Labute approximate surface area is 139 Å². The molecule has 4 aromatic rings. The van der Waals surface area contributed by atoms with Gasteiger partial charge in [-0.3, -0.25) is 0 Å². The summed E-state index contributed by atoms with van der Waals surface area (Å²) >= 11 is 0. The van der Waals surface area contributed by atoms with Crippen molar-refractivity contribution in [2.45, 2.75) is 0 Å². The van der Waals surface area contributed by atoms with Gasteiger partial charge in [0.15, 0.2) is 0 Å². The summed E-state index contributed by atoms with van der Waals surface area (Å²) in [5.41, 5.74) is 3.60. The smallest absolute Gasteiger partial charge is 0.488 e. The first-order valence-corrected chi connectivity index (χ1v) is 7.73. The number of nitrogens with zero attached hydrogens (tertiary/aromatic N) is 1. The molecule has 1 heterocycles. The Morgan fingerprint density at radius 3 is 2.25 bits per heavy atom. The summed E-state index contributed by atoms with van der Waals surface area (Å²) in [6, 6.07) is 21.5. The van der Waals surface area contributed by atoms with Crippen LogP contribution in [0, 0.1) is 0 Å². The van der Waals surface area contributed by atoms with Crippen LogP contribution in [0.4, 0.5) is 0 Å². The van der Waals surface area contributed by atoms with Crippen LogP contribution in [-0.4, -0.2) is 28.8 Å². The van der Waals surface area contributed by atoms with Gasteiger partial charge in [0.05, 0.1) is 18.1 Å². The number of fused-ring (bicyclic) bond motifs is 3. The second kappa shape index (κ2) is 5.71. The zero-order valence-corrected chi connectivity index (χ0v) is 13.2. The third kappa shape index (κ3) is 2.26. The van der Waals surface area contributed by atoms with Gasteiger partial charge in [-0.1, -0.05) is 30.3 Å². The zero-order chi connectivity index (χ0) is 16.7. The number of methoxy groups -OCH3 is 1. The minimum absolute atomic E-state index is 0.486. The largest absolute Gasteiger partial charge is 0.497 e. The Hall–Kier alpha value is -2.76. The second-order valence-corrected chi connectivity index (χ2v) is 5.70. The minimum atomic E-state index is -1.47. The molecule has 0 aliphatic rings. The Bertz CT molecular complexity index is 1020. The van der Waals surface area contributed by atoms with E-state index in [2.05, 4.69) is 10.6 Å². The fraction of sp³-hybridized carbons (Fsp3) is 0.0526. The van der Waals surface area contributed by atoms with Crippen LogP contribution in [0.15, 0.2) is 66.7 Å². The van der Waals surface area contributed by atoms with Crippen molar-refractivity contribution in [1.82, 2.24) is 4.57 Å². The van der Waals surface area contributed by atoms with Gasteiger partial charge in [-0.05, 0) is 41.9 Å². The highest BCUT2D eigenvalue weighted by Gasteiger charge is 2.16. The van der Waals surface area contributed by atoms with Crippen LogP contribution in [0.25, 0.3) is 27.5 Å². The van der Waals surface area contributed by atoms with Gasteiger partial charge < -0.3 is 19.4 Å². The lowest BCUT2D eigenvalue weighted by atomic mass is 9.80. The molecule has 0 bridgehead atoms.